The predicted octanol–water partition coefficient (Wildman–Crippen LogP) is 4.07. The Morgan fingerprint density at radius 2 is 2.00 bits per heavy atom. The molecular weight excluding hydrogens is 274 g/mol. The SMILES string of the molecule is CC(C)Oc1nc2c(OC(C)(C)C)ccc(C=O)c2s1. The lowest BCUT2D eigenvalue weighted by atomic mass is 10.1. The first-order chi connectivity index (χ1) is 9.30. The molecule has 0 saturated heterocycles. The Morgan fingerprint density at radius 3 is 2.55 bits per heavy atom. The Morgan fingerprint density at radius 1 is 1.30 bits per heavy atom. The van der Waals surface area contributed by atoms with Gasteiger partial charge in [-0.1, -0.05) is 11.3 Å². The molecule has 1 aromatic heterocycles. The summed E-state index contributed by atoms with van der Waals surface area (Å²) in [4.78, 5) is 15.6. The topological polar surface area (TPSA) is 48.4 Å². The molecule has 0 aliphatic rings. The summed E-state index contributed by atoms with van der Waals surface area (Å²) in [5.41, 5.74) is 0.973. The Kier molecular flexibility index (Phi) is 3.99. The highest BCUT2D eigenvalue weighted by Gasteiger charge is 2.19. The molecule has 0 bridgehead atoms. The van der Waals surface area contributed by atoms with Crippen LogP contribution in [0, 0.1) is 0 Å². The molecule has 0 radical (unpaired) electrons. The summed E-state index contributed by atoms with van der Waals surface area (Å²) in [6.07, 6.45) is 0.878. The zero-order valence-corrected chi connectivity index (χ0v) is 13.2. The normalized spacial score (nSPS) is 11.9. The number of rotatable bonds is 4. The molecule has 0 fully saturated rings. The molecule has 1 aromatic carbocycles. The molecule has 4 nitrogen and oxygen atoms in total. The van der Waals surface area contributed by atoms with Gasteiger partial charge in [0.15, 0.2) is 6.29 Å². The molecule has 1 heterocycles. The first kappa shape index (κ1) is 14.8. The van der Waals surface area contributed by atoms with Gasteiger partial charge in [-0.25, -0.2) is 0 Å². The summed E-state index contributed by atoms with van der Waals surface area (Å²) in [6.45, 7) is 9.82. The molecule has 0 spiro atoms. The van der Waals surface area contributed by atoms with Gasteiger partial charge in [-0.2, -0.15) is 4.98 Å². The second-order valence-electron chi connectivity index (χ2n) is 5.81. The van der Waals surface area contributed by atoms with E-state index in [2.05, 4.69) is 4.98 Å². The second kappa shape index (κ2) is 5.40. The minimum atomic E-state index is -0.321. The Bertz CT molecular complexity index is 626. The minimum absolute atomic E-state index is 0.0437. The number of carbonyl (C=O) groups is 1. The van der Waals surface area contributed by atoms with Gasteiger partial charge in [0.05, 0.1) is 10.8 Å². The molecule has 108 valence electrons. The smallest absolute Gasteiger partial charge is 0.274 e. The highest BCUT2D eigenvalue weighted by molar-refractivity contribution is 7.20. The third kappa shape index (κ3) is 3.28. The molecule has 5 heteroatoms. The van der Waals surface area contributed by atoms with Crippen LogP contribution in [-0.4, -0.2) is 23.0 Å². The molecule has 0 aliphatic carbocycles. The largest absolute Gasteiger partial charge is 0.486 e. The van der Waals surface area contributed by atoms with Crippen LogP contribution in [-0.2, 0) is 0 Å². The van der Waals surface area contributed by atoms with Crippen LogP contribution in [0.5, 0.6) is 10.9 Å². The van der Waals surface area contributed by atoms with Crippen molar-refractivity contribution < 1.29 is 14.3 Å². The van der Waals surface area contributed by atoms with E-state index in [1.165, 1.54) is 11.3 Å². The van der Waals surface area contributed by atoms with E-state index in [1.54, 1.807) is 12.1 Å². The van der Waals surface area contributed by atoms with Crippen LogP contribution in [0.4, 0.5) is 0 Å². The van der Waals surface area contributed by atoms with E-state index in [9.17, 15) is 4.79 Å². The van der Waals surface area contributed by atoms with Crippen molar-refractivity contribution >= 4 is 27.8 Å². The average Bonchev–Trinajstić information content (AvgIpc) is 2.70. The van der Waals surface area contributed by atoms with E-state index < -0.39 is 0 Å². The maximum atomic E-state index is 11.1. The molecule has 0 amide bonds. The van der Waals surface area contributed by atoms with Crippen LogP contribution >= 0.6 is 11.3 Å². The lowest BCUT2D eigenvalue weighted by molar-refractivity contribution is 0.112. The molecule has 20 heavy (non-hydrogen) atoms. The highest BCUT2D eigenvalue weighted by Crippen LogP contribution is 2.37. The van der Waals surface area contributed by atoms with E-state index in [0.717, 1.165) is 11.0 Å². The molecule has 2 aromatic rings. The van der Waals surface area contributed by atoms with Gasteiger partial charge in [0.1, 0.15) is 16.9 Å². The molecule has 0 aliphatic heterocycles. The highest BCUT2D eigenvalue weighted by atomic mass is 32.1. The molecule has 2 rings (SSSR count). The predicted molar refractivity (Wildman–Crippen MR) is 81.2 cm³/mol. The average molecular weight is 293 g/mol. The van der Waals surface area contributed by atoms with Crippen molar-refractivity contribution in [2.75, 3.05) is 0 Å². The van der Waals surface area contributed by atoms with E-state index in [0.29, 0.717) is 22.0 Å². The number of thiazole rings is 1. The molecule has 0 N–H and O–H groups in total. The van der Waals surface area contributed by atoms with Crippen LogP contribution in [0.3, 0.4) is 0 Å². The van der Waals surface area contributed by atoms with Gasteiger partial charge in [-0.15, -0.1) is 0 Å². The lowest BCUT2D eigenvalue weighted by Crippen LogP contribution is -2.23. The number of benzene rings is 1. The van der Waals surface area contributed by atoms with Crippen LogP contribution < -0.4 is 9.47 Å². The summed E-state index contributed by atoms with van der Waals surface area (Å²) in [6, 6.07) is 3.55. The van der Waals surface area contributed by atoms with Gasteiger partial charge in [0, 0.05) is 5.56 Å². The monoisotopic (exact) mass is 293 g/mol. The van der Waals surface area contributed by atoms with E-state index in [4.69, 9.17) is 9.47 Å². The maximum Gasteiger partial charge on any atom is 0.274 e. The number of carbonyl (C=O) groups excluding carboxylic acids is 1. The zero-order chi connectivity index (χ0) is 14.9. The lowest BCUT2D eigenvalue weighted by Gasteiger charge is -2.21. The van der Waals surface area contributed by atoms with Crippen LogP contribution in [0.25, 0.3) is 10.2 Å². The number of hydrogen-bond acceptors (Lipinski definition) is 5. The van der Waals surface area contributed by atoms with Crippen molar-refractivity contribution in [3.8, 4) is 10.9 Å². The van der Waals surface area contributed by atoms with Crippen LogP contribution in [0.1, 0.15) is 45.0 Å². The van der Waals surface area contributed by atoms with Crippen molar-refractivity contribution in [1.82, 2.24) is 4.98 Å². The maximum absolute atomic E-state index is 11.1. The Hall–Kier alpha value is -1.62. The van der Waals surface area contributed by atoms with Gasteiger partial charge in [-0.05, 0) is 46.8 Å². The summed E-state index contributed by atoms with van der Waals surface area (Å²) >= 11 is 1.37. The second-order valence-corrected chi connectivity index (χ2v) is 6.77. The summed E-state index contributed by atoms with van der Waals surface area (Å²) in [7, 11) is 0. The fourth-order valence-electron chi connectivity index (χ4n) is 1.74. The van der Waals surface area contributed by atoms with Crippen molar-refractivity contribution in [3.63, 3.8) is 0 Å². The van der Waals surface area contributed by atoms with E-state index in [1.807, 2.05) is 34.6 Å². The van der Waals surface area contributed by atoms with Crippen LogP contribution in [0.2, 0.25) is 0 Å². The summed E-state index contributed by atoms with van der Waals surface area (Å²) in [5, 5.41) is 0.558. The number of nitrogens with zero attached hydrogens (tertiary/aromatic N) is 1. The van der Waals surface area contributed by atoms with Gasteiger partial charge in [0.2, 0.25) is 0 Å². The molecule has 0 atom stereocenters. The number of aromatic nitrogens is 1. The van der Waals surface area contributed by atoms with Crippen molar-refractivity contribution in [1.29, 1.82) is 0 Å². The third-order valence-electron chi connectivity index (χ3n) is 2.40. The fourth-order valence-corrected chi connectivity index (χ4v) is 2.77. The fraction of sp³-hybridized carbons (Fsp3) is 0.467. The van der Waals surface area contributed by atoms with Gasteiger partial charge < -0.3 is 9.47 Å². The van der Waals surface area contributed by atoms with E-state index in [-0.39, 0.29) is 11.7 Å². The summed E-state index contributed by atoms with van der Waals surface area (Å²) < 4.78 is 12.3. The van der Waals surface area contributed by atoms with Crippen molar-refractivity contribution in [2.24, 2.45) is 0 Å². The summed E-state index contributed by atoms with van der Waals surface area (Å²) in [5.74, 6) is 0.674. The van der Waals surface area contributed by atoms with Crippen molar-refractivity contribution in [2.45, 2.75) is 46.3 Å². The quantitative estimate of drug-likeness (QED) is 0.797. The Labute approximate surface area is 122 Å². The standard InChI is InChI=1S/C15H19NO3S/c1-9(2)18-14-16-12-11(19-15(3,4)5)7-6-10(8-17)13(12)20-14/h6-9H,1-5H3. The van der Waals surface area contributed by atoms with Gasteiger partial charge in [-0.3, -0.25) is 4.79 Å². The Balaban J connectivity index is 2.54. The number of aldehydes is 1. The molecule has 0 saturated carbocycles. The van der Waals surface area contributed by atoms with Crippen molar-refractivity contribution in [3.05, 3.63) is 17.7 Å². The minimum Gasteiger partial charge on any atom is -0.486 e. The first-order valence-corrected chi connectivity index (χ1v) is 7.36. The molecule has 0 unspecified atom stereocenters. The number of ether oxygens (including phenoxy) is 2. The van der Waals surface area contributed by atoms with Gasteiger partial charge in [0.25, 0.3) is 5.19 Å². The molecular formula is C15H19NO3S. The third-order valence-corrected chi connectivity index (χ3v) is 3.39. The number of fused-ring (bicyclic) bond motifs is 1. The number of hydrogen-bond donors (Lipinski definition) is 0. The van der Waals surface area contributed by atoms with Crippen LogP contribution in [0.15, 0.2) is 12.1 Å². The first-order valence-electron chi connectivity index (χ1n) is 6.54. The zero-order valence-electron chi connectivity index (χ0n) is 12.4. The van der Waals surface area contributed by atoms with Gasteiger partial charge >= 0.3 is 0 Å². The van der Waals surface area contributed by atoms with E-state index >= 15 is 0 Å².